The summed E-state index contributed by atoms with van der Waals surface area (Å²) < 4.78 is 42.3. The Morgan fingerprint density at radius 2 is 1.79 bits per heavy atom. The summed E-state index contributed by atoms with van der Waals surface area (Å²) in [5.74, 6) is 0.239. The van der Waals surface area contributed by atoms with Gasteiger partial charge in [0.1, 0.15) is 24.6 Å². The first kappa shape index (κ1) is 25.0. The maximum absolute atomic E-state index is 10.2. The summed E-state index contributed by atoms with van der Waals surface area (Å²) in [5, 5.41) is 29.4. The van der Waals surface area contributed by atoms with Gasteiger partial charge in [-0.25, -0.2) is 23.6 Å². The van der Waals surface area contributed by atoms with Crippen molar-refractivity contribution in [3.8, 4) is 0 Å². The average Bonchev–Trinajstić information content (AvgIpc) is 3.29. The van der Waals surface area contributed by atoms with Crippen LogP contribution in [0.25, 0.3) is 11.2 Å². The maximum atomic E-state index is 10.2. The number of ether oxygens (including phenoxy) is 1. The average molecular weight is 488 g/mol. The van der Waals surface area contributed by atoms with E-state index >= 15 is 0 Å². The predicted octanol–water partition coefficient (Wildman–Crippen LogP) is -5.91. The molecule has 1 aliphatic heterocycles. The molecule has 0 amide bonds. The molecular formula is C18H22ClN5O9. The third-order valence-corrected chi connectivity index (χ3v) is 4.81. The second-order valence-electron chi connectivity index (χ2n) is 7.15. The van der Waals surface area contributed by atoms with Crippen LogP contribution in [-0.2, 0) is 11.3 Å². The fourth-order valence-corrected chi connectivity index (χ4v) is 3.16. The molecule has 1 fully saturated rings. The van der Waals surface area contributed by atoms with Crippen molar-refractivity contribution in [1.82, 2.24) is 14.5 Å². The number of hydrogen-bond acceptors (Lipinski definition) is 12. The molecule has 3 aromatic rings. The van der Waals surface area contributed by atoms with Gasteiger partial charge in [0.2, 0.25) is 11.2 Å². The molecule has 180 valence electrons. The molecule has 1 saturated heterocycles. The van der Waals surface area contributed by atoms with Crippen molar-refractivity contribution >= 4 is 17.0 Å². The van der Waals surface area contributed by atoms with Crippen LogP contribution < -0.4 is 33.9 Å². The van der Waals surface area contributed by atoms with Crippen LogP contribution in [0, 0.1) is 17.2 Å². The number of anilines is 1. The zero-order valence-electron chi connectivity index (χ0n) is 17.2. The third-order valence-electron chi connectivity index (χ3n) is 4.81. The first-order valence-electron chi connectivity index (χ1n) is 9.45. The van der Waals surface area contributed by atoms with Crippen molar-refractivity contribution in [2.45, 2.75) is 38.1 Å². The zero-order valence-corrected chi connectivity index (χ0v) is 18.0. The number of benzene rings is 1. The number of rotatable bonds is 5. The molecule has 5 N–H and O–H groups in total. The van der Waals surface area contributed by atoms with Crippen LogP contribution in [0.3, 0.4) is 0 Å². The van der Waals surface area contributed by atoms with E-state index in [0.29, 0.717) is 17.8 Å². The van der Waals surface area contributed by atoms with E-state index in [4.69, 9.17) is 33.9 Å². The zero-order chi connectivity index (χ0) is 24.3. The molecule has 0 unspecified atom stereocenters. The number of hydrogen-bond donors (Lipinski definition) is 4. The van der Waals surface area contributed by atoms with Crippen LogP contribution in [0.1, 0.15) is 17.4 Å². The number of aliphatic hydroxyl groups is 3. The monoisotopic (exact) mass is 487 g/mol. The summed E-state index contributed by atoms with van der Waals surface area (Å²) in [7, 11) is -4.94. The maximum Gasteiger partial charge on any atom is 0.289 e. The van der Waals surface area contributed by atoms with Gasteiger partial charge in [-0.05, 0) is 12.5 Å². The largest absolute Gasteiger partial charge is 0.394 e. The van der Waals surface area contributed by atoms with Gasteiger partial charge < -0.3 is 30.6 Å². The van der Waals surface area contributed by atoms with Crippen molar-refractivity contribution in [2.75, 3.05) is 12.3 Å². The molecule has 0 aliphatic carbocycles. The van der Waals surface area contributed by atoms with Crippen molar-refractivity contribution in [1.29, 1.82) is 0 Å². The lowest BCUT2D eigenvalue weighted by Crippen LogP contribution is -2.68. The van der Waals surface area contributed by atoms with E-state index in [2.05, 4.69) is 9.97 Å². The van der Waals surface area contributed by atoms with Gasteiger partial charge in [0, 0.05) is 0 Å². The number of nitrogens with zero attached hydrogens (tertiary/aromatic N) is 4. The number of imidazole rings is 1. The summed E-state index contributed by atoms with van der Waals surface area (Å²) in [5.41, 5.74) is 9.04. The number of fused-ring (bicyclic) bond motifs is 1. The highest BCUT2D eigenvalue weighted by atomic mass is 35.7. The van der Waals surface area contributed by atoms with Gasteiger partial charge in [0.25, 0.3) is 12.1 Å². The van der Waals surface area contributed by atoms with Crippen LogP contribution in [0.5, 0.6) is 0 Å². The highest BCUT2D eigenvalue weighted by molar-refractivity contribution is 5.79. The van der Waals surface area contributed by atoms with Crippen LogP contribution in [0.15, 0.2) is 36.9 Å². The van der Waals surface area contributed by atoms with E-state index in [9.17, 15) is 15.3 Å². The molecule has 1 aromatic carbocycles. The van der Waals surface area contributed by atoms with Gasteiger partial charge >= 0.3 is 0 Å². The van der Waals surface area contributed by atoms with Gasteiger partial charge in [-0.1, -0.05) is 39.5 Å². The first-order chi connectivity index (χ1) is 15.5. The Morgan fingerprint density at radius 1 is 1.15 bits per heavy atom. The molecule has 2 aromatic heterocycles. The predicted molar refractivity (Wildman–Crippen MR) is 96.6 cm³/mol. The lowest BCUT2D eigenvalue weighted by atomic mass is 10.1. The molecule has 4 rings (SSSR count). The molecular weight excluding hydrogens is 466 g/mol. The third kappa shape index (κ3) is 6.02. The van der Waals surface area contributed by atoms with E-state index in [1.54, 1.807) is 0 Å². The van der Waals surface area contributed by atoms with Crippen molar-refractivity contribution in [3.05, 3.63) is 48.0 Å². The number of nitrogens with two attached hydrogens (primary N) is 1. The molecule has 3 heterocycles. The van der Waals surface area contributed by atoms with Crippen LogP contribution in [0.4, 0.5) is 5.82 Å². The number of nitrogen functional groups attached to an aromatic ring is 1. The topological polar surface area (TPSA) is 232 Å². The first-order valence-corrected chi connectivity index (χ1v) is 10.7. The van der Waals surface area contributed by atoms with Gasteiger partial charge in [0.15, 0.2) is 12.8 Å². The Balaban J connectivity index is 0.000000555. The van der Waals surface area contributed by atoms with Crippen molar-refractivity contribution < 1.29 is 58.5 Å². The fraction of sp³-hybridized carbons (Fsp3) is 0.389. The van der Waals surface area contributed by atoms with Crippen molar-refractivity contribution in [2.24, 2.45) is 0 Å². The minimum atomic E-state index is -4.94. The molecule has 15 heteroatoms. The smallest absolute Gasteiger partial charge is 0.289 e. The molecule has 0 radical (unpaired) electrons. The van der Waals surface area contributed by atoms with Crippen molar-refractivity contribution in [3.63, 3.8) is 0 Å². The number of aromatic nitrogens is 4. The Morgan fingerprint density at radius 3 is 2.36 bits per heavy atom. The summed E-state index contributed by atoms with van der Waals surface area (Å²) >= 11 is 0. The molecule has 14 nitrogen and oxygen atoms in total. The van der Waals surface area contributed by atoms with E-state index < -0.39 is 41.4 Å². The van der Waals surface area contributed by atoms with Crippen LogP contribution in [-0.4, -0.2) is 54.8 Å². The van der Waals surface area contributed by atoms with Gasteiger partial charge in [-0.3, -0.25) is 4.57 Å². The summed E-state index contributed by atoms with van der Waals surface area (Å²) in [6.45, 7) is 1.90. The second-order valence-corrected chi connectivity index (χ2v) is 7.90. The summed E-state index contributed by atoms with van der Waals surface area (Å²) in [4.78, 5) is 14.3. The molecule has 33 heavy (non-hydrogen) atoms. The normalized spacial score (nSPS) is 22.8. The molecule has 0 bridgehead atoms. The molecule has 0 saturated carbocycles. The number of aryl methyl sites for hydroxylation is 1. The number of halogens is 1. The van der Waals surface area contributed by atoms with E-state index in [-0.39, 0.29) is 5.82 Å². The Labute approximate surface area is 189 Å². The Kier molecular flexibility index (Phi) is 7.63. The van der Waals surface area contributed by atoms with E-state index in [0.717, 1.165) is 11.1 Å². The minimum absolute atomic E-state index is 0.239. The summed E-state index contributed by atoms with van der Waals surface area (Å²) in [6, 6.07) is 7.93. The molecule has 1 aliphatic rings. The highest BCUT2D eigenvalue weighted by Crippen LogP contribution is 2.31. The summed E-state index contributed by atoms with van der Waals surface area (Å²) in [6.07, 6.45) is -1.45. The van der Waals surface area contributed by atoms with E-state index in [1.807, 2.05) is 31.2 Å². The molecule has 0 spiro atoms. The van der Waals surface area contributed by atoms with Gasteiger partial charge in [0.05, 0.1) is 6.61 Å². The van der Waals surface area contributed by atoms with Crippen LogP contribution in [0.2, 0.25) is 0 Å². The second kappa shape index (κ2) is 10.1. The SMILES string of the molecule is Cc1ccc(CO[n+]2cnc3c(ncn3[C@@H]3O[C@H](CO)[C@@H](O)[C@H]3O)c2N)cc1.[O-][Cl+3]([O-])([O-])[O-]. The quantitative estimate of drug-likeness (QED) is 0.246. The Hall–Kier alpha value is -2.66. The number of aliphatic hydroxyl groups excluding tert-OH is 3. The lowest BCUT2D eigenvalue weighted by Gasteiger charge is -2.17. The standard InChI is InChI=1S/C18H21N5O5.ClHO4/c1-10-2-4-11(5-3-10)7-27-23-9-21-17-13(16(23)19)20-8-22(17)18-15(26)14(25)12(6-24)28-18;2-1(3,4)5/h2-5,8-9,12,14-15,18-19,24-26H,6-7H2,1H3;(H,2,3,4,5)/t12-,14-,15-,18-;/m1./s1. The van der Waals surface area contributed by atoms with Crippen LogP contribution >= 0.6 is 0 Å². The Bertz CT molecular complexity index is 1070. The fourth-order valence-electron chi connectivity index (χ4n) is 3.16. The molecule has 4 atom stereocenters. The lowest BCUT2D eigenvalue weighted by molar-refractivity contribution is -2.00. The van der Waals surface area contributed by atoms with Gasteiger partial charge in [-0.15, -0.1) is 10.2 Å². The van der Waals surface area contributed by atoms with E-state index in [1.165, 1.54) is 22.0 Å². The van der Waals surface area contributed by atoms with Gasteiger partial charge in [-0.2, -0.15) is 0 Å². The highest BCUT2D eigenvalue weighted by Gasteiger charge is 2.44. The minimum Gasteiger partial charge on any atom is -0.394 e.